The predicted molar refractivity (Wildman–Crippen MR) is 59.1 cm³/mol. The summed E-state index contributed by atoms with van der Waals surface area (Å²) in [5.41, 5.74) is 3.63. The molecule has 2 aromatic rings. The number of aromatic amines is 1. The maximum absolute atomic E-state index is 11.6. The number of carbonyl (C=O) groups excluding carboxylic acids is 1. The Balaban J connectivity index is 2.73. The van der Waals surface area contributed by atoms with E-state index in [-0.39, 0.29) is 5.97 Å². The summed E-state index contributed by atoms with van der Waals surface area (Å²) in [6, 6.07) is 5.96. The molecule has 0 saturated carbocycles. The van der Waals surface area contributed by atoms with E-state index in [2.05, 4.69) is 4.98 Å². The molecular formula is C12H13NO2. The number of H-pyrrole nitrogens is 1. The number of benzene rings is 1. The summed E-state index contributed by atoms with van der Waals surface area (Å²) in [7, 11) is 1.40. The molecule has 0 atom stereocenters. The quantitative estimate of drug-likeness (QED) is 0.724. The van der Waals surface area contributed by atoms with Crippen LogP contribution in [0.2, 0.25) is 0 Å². The van der Waals surface area contributed by atoms with Gasteiger partial charge in [0, 0.05) is 16.6 Å². The summed E-state index contributed by atoms with van der Waals surface area (Å²) in [6.45, 7) is 3.90. The van der Waals surface area contributed by atoms with Crippen molar-refractivity contribution in [2.45, 2.75) is 13.8 Å². The molecular weight excluding hydrogens is 190 g/mol. The lowest BCUT2D eigenvalue weighted by molar-refractivity contribution is 0.0602. The van der Waals surface area contributed by atoms with E-state index in [4.69, 9.17) is 4.74 Å². The van der Waals surface area contributed by atoms with Gasteiger partial charge in [-0.3, -0.25) is 0 Å². The molecule has 3 nitrogen and oxygen atoms in total. The molecule has 0 saturated heterocycles. The van der Waals surface area contributed by atoms with E-state index in [0.29, 0.717) is 5.56 Å². The van der Waals surface area contributed by atoms with Crippen molar-refractivity contribution in [3.8, 4) is 0 Å². The number of methoxy groups -OCH3 is 1. The van der Waals surface area contributed by atoms with Crippen molar-refractivity contribution >= 4 is 16.9 Å². The van der Waals surface area contributed by atoms with Crippen LogP contribution in [0.15, 0.2) is 18.2 Å². The van der Waals surface area contributed by atoms with Gasteiger partial charge in [0.1, 0.15) is 0 Å². The van der Waals surface area contributed by atoms with Crippen LogP contribution in [0.5, 0.6) is 0 Å². The van der Waals surface area contributed by atoms with E-state index >= 15 is 0 Å². The average Bonchev–Trinajstić information content (AvgIpc) is 2.52. The van der Waals surface area contributed by atoms with E-state index in [1.165, 1.54) is 12.7 Å². The zero-order valence-corrected chi connectivity index (χ0v) is 9.05. The number of rotatable bonds is 1. The zero-order chi connectivity index (χ0) is 11.0. The lowest BCUT2D eigenvalue weighted by Crippen LogP contribution is -2.01. The van der Waals surface area contributed by atoms with Gasteiger partial charge in [-0.1, -0.05) is 12.1 Å². The summed E-state index contributed by atoms with van der Waals surface area (Å²) in [6.07, 6.45) is 0. The van der Waals surface area contributed by atoms with E-state index < -0.39 is 0 Å². The van der Waals surface area contributed by atoms with Crippen LogP contribution in [-0.4, -0.2) is 18.1 Å². The second kappa shape index (κ2) is 3.42. The van der Waals surface area contributed by atoms with Crippen molar-refractivity contribution in [2.24, 2.45) is 0 Å². The molecule has 0 aliphatic carbocycles. The Morgan fingerprint density at radius 1 is 1.33 bits per heavy atom. The third kappa shape index (κ3) is 1.50. The smallest absolute Gasteiger partial charge is 0.340 e. The molecule has 0 aliphatic rings. The molecule has 15 heavy (non-hydrogen) atoms. The van der Waals surface area contributed by atoms with Crippen LogP contribution in [0.1, 0.15) is 21.6 Å². The Morgan fingerprint density at radius 2 is 2.07 bits per heavy atom. The highest BCUT2D eigenvalue weighted by atomic mass is 16.5. The first-order valence-corrected chi connectivity index (χ1v) is 4.80. The summed E-state index contributed by atoms with van der Waals surface area (Å²) in [5.74, 6) is -0.289. The topological polar surface area (TPSA) is 42.1 Å². The summed E-state index contributed by atoms with van der Waals surface area (Å²) < 4.78 is 4.75. The van der Waals surface area contributed by atoms with Gasteiger partial charge in [-0.2, -0.15) is 0 Å². The lowest BCUT2D eigenvalue weighted by atomic mass is 10.1. The van der Waals surface area contributed by atoms with Gasteiger partial charge in [0.05, 0.1) is 12.7 Å². The number of fused-ring (bicyclic) bond motifs is 1. The van der Waals surface area contributed by atoms with Crippen molar-refractivity contribution in [3.05, 3.63) is 35.0 Å². The molecule has 1 heterocycles. The lowest BCUT2D eigenvalue weighted by Gasteiger charge is -1.98. The van der Waals surface area contributed by atoms with Gasteiger partial charge in [-0.25, -0.2) is 4.79 Å². The van der Waals surface area contributed by atoms with Crippen LogP contribution in [0.25, 0.3) is 10.9 Å². The number of carbonyl (C=O) groups is 1. The highest BCUT2D eigenvalue weighted by molar-refractivity contribution is 6.05. The van der Waals surface area contributed by atoms with Crippen molar-refractivity contribution in [1.29, 1.82) is 0 Å². The maximum atomic E-state index is 11.6. The molecule has 1 N–H and O–H groups in total. The van der Waals surface area contributed by atoms with Gasteiger partial charge in [-0.15, -0.1) is 0 Å². The highest BCUT2D eigenvalue weighted by Crippen LogP contribution is 2.23. The number of ether oxygens (including phenoxy) is 1. The number of hydrogen-bond acceptors (Lipinski definition) is 2. The van der Waals surface area contributed by atoms with E-state index in [9.17, 15) is 4.79 Å². The van der Waals surface area contributed by atoms with Crippen molar-refractivity contribution in [1.82, 2.24) is 4.98 Å². The first kappa shape index (κ1) is 9.77. The van der Waals surface area contributed by atoms with E-state index in [1.54, 1.807) is 0 Å². The molecule has 2 rings (SSSR count). The van der Waals surface area contributed by atoms with Crippen molar-refractivity contribution < 1.29 is 9.53 Å². The molecule has 3 heteroatoms. The minimum absolute atomic E-state index is 0.289. The predicted octanol–water partition coefficient (Wildman–Crippen LogP) is 2.57. The molecule has 0 unspecified atom stereocenters. The highest BCUT2D eigenvalue weighted by Gasteiger charge is 2.15. The molecule has 1 aromatic carbocycles. The van der Waals surface area contributed by atoms with Crippen LogP contribution in [0, 0.1) is 13.8 Å². The molecule has 0 amide bonds. The largest absolute Gasteiger partial charge is 0.465 e. The third-order valence-electron chi connectivity index (χ3n) is 2.53. The zero-order valence-electron chi connectivity index (χ0n) is 9.05. The molecule has 1 aromatic heterocycles. The molecule has 0 spiro atoms. The Morgan fingerprint density at radius 3 is 2.73 bits per heavy atom. The summed E-state index contributed by atoms with van der Waals surface area (Å²) in [4.78, 5) is 14.7. The van der Waals surface area contributed by atoms with Crippen molar-refractivity contribution in [3.63, 3.8) is 0 Å². The maximum Gasteiger partial charge on any atom is 0.340 e. The van der Waals surface area contributed by atoms with E-state index in [0.717, 1.165) is 16.6 Å². The van der Waals surface area contributed by atoms with Gasteiger partial charge in [0.15, 0.2) is 0 Å². The monoisotopic (exact) mass is 203 g/mol. The van der Waals surface area contributed by atoms with Gasteiger partial charge < -0.3 is 9.72 Å². The number of aromatic nitrogens is 1. The SMILES string of the molecule is COC(=O)c1c(C)[nH]c2cc(C)ccc12. The average molecular weight is 203 g/mol. The Hall–Kier alpha value is -1.77. The van der Waals surface area contributed by atoms with Crippen LogP contribution in [0.3, 0.4) is 0 Å². The van der Waals surface area contributed by atoms with Crippen LogP contribution in [-0.2, 0) is 4.74 Å². The van der Waals surface area contributed by atoms with Gasteiger partial charge >= 0.3 is 5.97 Å². The van der Waals surface area contributed by atoms with Crippen molar-refractivity contribution in [2.75, 3.05) is 7.11 Å². The van der Waals surface area contributed by atoms with Gasteiger partial charge in [-0.05, 0) is 25.5 Å². The fraction of sp³-hybridized carbons (Fsp3) is 0.250. The first-order chi connectivity index (χ1) is 7.13. The minimum Gasteiger partial charge on any atom is -0.465 e. The first-order valence-electron chi connectivity index (χ1n) is 4.80. The van der Waals surface area contributed by atoms with Crippen LogP contribution < -0.4 is 0 Å². The fourth-order valence-electron chi connectivity index (χ4n) is 1.81. The number of esters is 1. The molecule has 78 valence electrons. The standard InChI is InChI=1S/C12H13NO2/c1-7-4-5-9-10(6-7)13-8(2)11(9)12(14)15-3/h4-6,13H,1-3H3. The van der Waals surface area contributed by atoms with Crippen LogP contribution in [0.4, 0.5) is 0 Å². The summed E-state index contributed by atoms with van der Waals surface area (Å²) >= 11 is 0. The second-order valence-electron chi connectivity index (χ2n) is 3.67. The molecule has 0 radical (unpaired) electrons. The van der Waals surface area contributed by atoms with Gasteiger partial charge in [0.25, 0.3) is 0 Å². The Kier molecular flexibility index (Phi) is 2.23. The number of aryl methyl sites for hydroxylation is 2. The third-order valence-corrected chi connectivity index (χ3v) is 2.53. The minimum atomic E-state index is -0.289. The Labute approximate surface area is 88.1 Å². The summed E-state index contributed by atoms with van der Waals surface area (Å²) in [5, 5.41) is 0.921. The fourth-order valence-corrected chi connectivity index (χ4v) is 1.81. The van der Waals surface area contributed by atoms with Crippen LogP contribution >= 0.6 is 0 Å². The molecule has 0 bridgehead atoms. The second-order valence-corrected chi connectivity index (χ2v) is 3.67. The normalized spacial score (nSPS) is 10.6. The Bertz CT molecular complexity index is 526. The van der Waals surface area contributed by atoms with E-state index in [1.807, 2.05) is 32.0 Å². The molecule has 0 aliphatic heterocycles. The number of hydrogen-bond donors (Lipinski definition) is 1. The van der Waals surface area contributed by atoms with Gasteiger partial charge in [0.2, 0.25) is 0 Å². The molecule has 0 fully saturated rings. The number of nitrogens with one attached hydrogen (secondary N) is 1.